The second kappa shape index (κ2) is 10.1. The minimum absolute atomic E-state index is 0.103. The van der Waals surface area contributed by atoms with E-state index in [0.717, 1.165) is 15.6 Å². The van der Waals surface area contributed by atoms with E-state index in [1.807, 2.05) is 50.2 Å². The Balaban J connectivity index is 1.90. The van der Waals surface area contributed by atoms with Crippen LogP contribution in [-0.2, 0) is 4.79 Å². The summed E-state index contributed by atoms with van der Waals surface area (Å²) in [5.41, 5.74) is 5.67. The molecule has 0 saturated heterocycles. The van der Waals surface area contributed by atoms with Crippen molar-refractivity contribution in [2.24, 2.45) is 5.10 Å². The van der Waals surface area contributed by atoms with Crippen molar-refractivity contribution in [3.05, 3.63) is 57.6 Å². The Kier molecular flexibility index (Phi) is 7.85. The van der Waals surface area contributed by atoms with Gasteiger partial charge in [0.15, 0.2) is 6.61 Å². The molecule has 0 aromatic heterocycles. The van der Waals surface area contributed by atoms with E-state index in [1.165, 1.54) is 5.56 Å². The van der Waals surface area contributed by atoms with Gasteiger partial charge in [0, 0.05) is 10.0 Å². The summed E-state index contributed by atoms with van der Waals surface area (Å²) in [6.07, 6.45) is 1.55. The van der Waals surface area contributed by atoms with E-state index in [1.54, 1.807) is 6.21 Å². The number of nitrogens with zero attached hydrogens (tertiary/aromatic N) is 1. The zero-order chi connectivity index (χ0) is 19.8. The lowest BCUT2D eigenvalue weighted by atomic mass is 9.98. The van der Waals surface area contributed by atoms with E-state index in [9.17, 15) is 4.79 Å². The molecule has 1 N–H and O–H groups in total. The predicted octanol–water partition coefficient (Wildman–Crippen LogP) is 4.81. The summed E-state index contributed by atoms with van der Waals surface area (Å²) >= 11 is 3.41. The van der Waals surface area contributed by atoms with Crippen LogP contribution in [0, 0.1) is 6.92 Å². The van der Waals surface area contributed by atoms with Crippen LogP contribution in [0.15, 0.2) is 46.0 Å². The molecule has 0 atom stereocenters. The molecule has 2 rings (SSSR count). The van der Waals surface area contributed by atoms with Gasteiger partial charge in [-0.05, 0) is 61.2 Å². The van der Waals surface area contributed by atoms with Crippen LogP contribution in [-0.4, -0.2) is 25.3 Å². The molecular weight excluding hydrogens is 408 g/mol. The number of nitrogens with one attached hydrogen (secondary N) is 1. The van der Waals surface area contributed by atoms with Crippen LogP contribution in [0.1, 0.15) is 43.4 Å². The molecule has 0 spiro atoms. The molecule has 2 aromatic rings. The van der Waals surface area contributed by atoms with Gasteiger partial charge in [-0.3, -0.25) is 4.79 Å². The Bertz CT molecular complexity index is 819. The summed E-state index contributed by atoms with van der Waals surface area (Å²) in [5.74, 6) is 1.50. The van der Waals surface area contributed by atoms with Crippen LogP contribution < -0.4 is 14.9 Å². The van der Waals surface area contributed by atoms with Crippen molar-refractivity contribution < 1.29 is 14.3 Å². The van der Waals surface area contributed by atoms with E-state index in [0.29, 0.717) is 24.0 Å². The highest BCUT2D eigenvalue weighted by Crippen LogP contribution is 2.23. The first kappa shape index (κ1) is 21.0. The Morgan fingerprint density at radius 1 is 1.22 bits per heavy atom. The van der Waals surface area contributed by atoms with Gasteiger partial charge >= 0.3 is 0 Å². The summed E-state index contributed by atoms with van der Waals surface area (Å²) in [4.78, 5) is 12.0. The minimum atomic E-state index is -0.329. The lowest BCUT2D eigenvalue weighted by Gasteiger charge is -2.12. The third-order valence-electron chi connectivity index (χ3n) is 3.90. The van der Waals surface area contributed by atoms with Gasteiger partial charge < -0.3 is 9.47 Å². The van der Waals surface area contributed by atoms with Gasteiger partial charge in [-0.1, -0.05) is 35.8 Å². The maximum Gasteiger partial charge on any atom is 0.277 e. The molecule has 0 aliphatic rings. The van der Waals surface area contributed by atoms with Crippen LogP contribution in [0.4, 0.5) is 0 Å². The zero-order valence-corrected chi connectivity index (χ0v) is 17.7. The van der Waals surface area contributed by atoms with Gasteiger partial charge in [-0.25, -0.2) is 5.43 Å². The fourth-order valence-electron chi connectivity index (χ4n) is 2.65. The number of benzene rings is 2. The quantitative estimate of drug-likeness (QED) is 0.480. The molecule has 0 fully saturated rings. The largest absolute Gasteiger partial charge is 0.493 e. The summed E-state index contributed by atoms with van der Waals surface area (Å²) in [7, 11) is 0. The summed E-state index contributed by atoms with van der Waals surface area (Å²) in [6, 6.07) is 11.5. The highest BCUT2D eigenvalue weighted by molar-refractivity contribution is 9.10. The number of carbonyl (C=O) groups excluding carboxylic acids is 1. The molecular formula is C21H25BrN2O3. The van der Waals surface area contributed by atoms with Crippen molar-refractivity contribution >= 4 is 28.1 Å². The molecule has 0 heterocycles. The molecule has 0 unspecified atom stereocenters. The van der Waals surface area contributed by atoms with Crippen molar-refractivity contribution in [3.63, 3.8) is 0 Å². The van der Waals surface area contributed by atoms with Gasteiger partial charge in [0.2, 0.25) is 0 Å². The Labute approximate surface area is 168 Å². The number of halogens is 1. The fourth-order valence-corrected chi connectivity index (χ4v) is 3.03. The molecule has 0 radical (unpaired) electrons. The van der Waals surface area contributed by atoms with E-state index < -0.39 is 0 Å². The van der Waals surface area contributed by atoms with Crippen LogP contribution in [0.3, 0.4) is 0 Å². The zero-order valence-electron chi connectivity index (χ0n) is 16.1. The number of hydrazone groups is 1. The van der Waals surface area contributed by atoms with Crippen molar-refractivity contribution in [3.8, 4) is 11.5 Å². The smallest absolute Gasteiger partial charge is 0.277 e. The second-order valence-electron chi connectivity index (χ2n) is 6.37. The fraction of sp³-hybridized carbons (Fsp3) is 0.333. The Hall–Kier alpha value is -2.34. The first-order chi connectivity index (χ1) is 12.9. The number of hydrogen-bond donors (Lipinski definition) is 1. The van der Waals surface area contributed by atoms with Gasteiger partial charge in [-0.2, -0.15) is 5.10 Å². The monoisotopic (exact) mass is 432 g/mol. The van der Waals surface area contributed by atoms with E-state index in [4.69, 9.17) is 9.47 Å². The number of rotatable bonds is 8. The molecule has 27 heavy (non-hydrogen) atoms. The van der Waals surface area contributed by atoms with Crippen molar-refractivity contribution in [2.75, 3.05) is 13.2 Å². The third-order valence-corrected chi connectivity index (χ3v) is 4.39. The highest BCUT2D eigenvalue weighted by Gasteiger charge is 2.07. The number of aryl methyl sites for hydroxylation is 1. The standard InChI is InChI=1S/C21H25BrN2O3/c1-5-26-20-9-6-17(22)11-16(20)12-23-24-21(25)13-27-18-7-8-19(14(2)3)15(4)10-18/h6-12,14H,5,13H2,1-4H3,(H,24,25)/b23-12+. The Morgan fingerprint density at radius 2 is 2.00 bits per heavy atom. The molecule has 6 heteroatoms. The molecule has 0 bridgehead atoms. The average molecular weight is 433 g/mol. The number of hydrogen-bond acceptors (Lipinski definition) is 4. The normalized spacial score (nSPS) is 11.0. The molecule has 0 aliphatic heterocycles. The number of amides is 1. The van der Waals surface area contributed by atoms with Gasteiger partial charge in [0.1, 0.15) is 11.5 Å². The third kappa shape index (κ3) is 6.40. The summed E-state index contributed by atoms with van der Waals surface area (Å²) < 4.78 is 12.0. The van der Waals surface area contributed by atoms with E-state index in [-0.39, 0.29) is 12.5 Å². The first-order valence-electron chi connectivity index (χ1n) is 8.88. The molecule has 0 saturated carbocycles. The topological polar surface area (TPSA) is 59.9 Å². The van der Waals surface area contributed by atoms with Gasteiger partial charge in [0.05, 0.1) is 12.8 Å². The minimum Gasteiger partial charge on any atom is -0.493 e. The van der Waals surface area contributed by atoms with Gasteiger partial charge in [-0.15, -0.1) is 0 Å². The highest BCUT2D eigenvalue weighted by atomic mass is 79.9. The Morgan fingerprint density at radius 3 is 2.67 bits per heavy atom. The predicted molar refractivity (Wildman–Crippen MR) is 112 cm³/mol. The lowest BCUT2D eigenvalue weighted by molar-refractivity contribution is -0.123. The van der Waals surface area contributed by atoms with Crippen LogP contribution in [0.2, 0.25) is 0 Å². The average Bonchev–Trinajstić information content (AvgIpc) is 2.62. The molecule has 144 valence electrons. The van der Waals surface area contributed by atoms with Crippen molar-refractivity contribution in [2.45, 2.75) is 33.6 Å². The molecule has 5 nitrogen and oxygen atoms in total. The van der Waals surface area contributed by atoms with Crippen LogP contribution in [0.5, 0.6) is 11.5 Å². The summed E-state index contributed by atoms with van der Waals surface area (Å²) in [6.45, 7) is 8.71. The molecule has 2 aromatic carbocycles. The van der Waals surface area contributed by atoms with Crippen molar-refractivity contribution in [1.29, 1.82) is 0 Å². The van der Waals surface area contributed by atoms with Crippen LogP contribution >= 0.6 is 15.9 Å². The first-order valence-corrected chi connectivity index (χ1v) is 9.67. The maximum absolute atomic E-state index is 12.0. The number of ether oxygens (including phenoxy) is 2. The van der Waals surface area contributed by atoms with Crippen molar-refractivity contribution in [1.82, 2.24) is 5.43 Å². The van der Waals surface area contributed by atoms with E-state index in [2.05, 4.69) is 40.3 Å². The molecule has 0 aliphatic carbocycles. The maximum atomic E-state index is 12.0. The van der Waals surface area contributed by atoms with Crippen LogP contribution in [0.25, 0.3) is 0 Å². The lowest BCUT2D eigenvalue weighted by Crippen LogP contribution is -2.24. The SMILES string of the molecule is CCOc1ccc(Br)cc1/C=N/NC(=O)COc1ccc(C(C)C)c(C)c1. The van der Waals surface area contributed by atoms with E-state index >= 15 is 0 Å². The number of carbonyl (C=O) groups is 1. The second-order valence-corrected chi connectivity index (χ2v) is 7.29. The molecule has 1 amide bonds. The summed E-state index contributed by atoms with van der Waals surface area (Å²) in [5, 5.41) is 3.99. The van der Waals surface area contributed by atoms with Gasteiger partial charge in [0.25, 0.3) is 5.91 Å².